The fourth-order valence-electron chi connectivity index (χ4n) is 21.6. The van der Waals surface area contributed by atoms with E-state index >= 15 is 0 Å². The molecule has 27 rings (SSSR count). The van der Waals surface area contributed by atoms with Crippen LogP contribution in [-0.2, 0) is 0 Å². The number of benzene rings is 21. The minimum Gasteiger partial charge on any atom is -0.355 e. The zero-order valence-corrected chi connectivity index (χ0v) is 75.1. The molecule has 138 heavy (non-hydrogen) atoms. The van der Waals surface area contributed by atoms with Crippen LogP contribution in [0, 0.1) is 0 Å². The molecule has 1 N–H and O–H groups in total. The van der Waals surface area contributed by atoms with Gasteiger partial charge in [0.25, 0.3) is 0 Å². The van der Waals surface area contributed by atoms with Gasteiger partial charge in [-0.3, -0.25) is 0 Å². The Hall–Kier alpha value is -18.5. The van der Waals surface area contributed by atoms with Crippen molar-refractivity contribution in [2.24, 2.45) is 0 Å². The van der Waals surface area contributed by atoms with Gasteiger partial charge in [0.05, 0.1) is 66.6 Å². The summed E-state index contributed by atoms with van der Waals surface area (Å²) in [7, 11) is 0. The summed E-state index contributed by atoms with van der Waals surface area (Å²) in [5, 5.41) is 16.0. The molecule has 0 atom stereocenters. The first-order valence-corrected chi connectivity index (χ1v) is 47.2. The highest BCUT2D eigenvalue weighted by atomic mass is 15.0. The highest BCUT2D eigenvalue weighted by Gasteiger charge is 2.25. The molecule has 0 radical (unpaired) electrons. The van der Waals surface area contributed by atoms with E-state index in [-0.39, 0.29) is 0 Å². The van der Waals surface area contributed by atoms with Crippen molar-refractivity contribution in [2.45, 2.75) is 0 Å². The van der Waals surface area contributed by atoms with E-state index in [2.05, 4.69) is 532 Å². The Morgan fingerprint density at radius 2 is 0.435 bits per heavy atom. The average Bonchev–Trinajstić information content (AvgIpc) is 1.58. The number of fused-ring (bicyclic) bond motifs is 15. The molecule has 6 aromatic heterocycles. The lowest BCUT2D eigenvalue weighted by atomic mass is 9.92. The van der Waals surface area contributed by atoms with Crippen LogP contribution in [0.1, 0.15) is 0 Å². The molecule has 27 aromatic rings. The Balaban J connectivity index is 0.613. The maximum absolute atomic E-state index is 5.79. The lowest BCUT2D eigenvalue weighted by Crippen LogP contribution is -2.00. The van der Waals surface area contributed by atoms with Crippen LogP contribution in [0.15, 0.2) is 504 Å². The van der Waals surface area contributed by atoms with Crippen molar-refractivity contribution in [3.63, 3.8) is 0 Å². The third kappa shape index (κ3) is 13.5. The molecule has 0 amide bonds. The Kier molecular flexibility index (Phi) is 18.8. The summed E-state index contributed by atoms with van der Waals surface area (Å²) >= 11 is 0. The van der Waals surface area contributed by atoms with Gasteiger partial charge >= 0.3 is 0 Å². The third-order valence-electron chi connectivity index (χ3n) is 28.1. The molecule has 6 heterocycles. The number of aromatic nitrogens is 7. The highest BCUT2D eigenvalue weighted by Crippen LogP contribution is 2.48. The zero-order valence-electron chi connectivity index (χ0n) is 75.1. The predicted octanol–water partition coefficient (Wildman–Crippen LogP) is 34.4. The van der Waals surface area contributed by atoms with Crippen molar-refractivity contribution >= 4 is 120 Å². The van der Waals surface area contributed by atoms with Crippen LogP contribution in [0.4, 0.5) is 11.4 Å². The molecule has 21 aromatic carbocycles. The molecule has 8 nitrogen and oxygen atoms in total. The van der Waals surface area contributed by atoms with Crippen LogP contribution in [-0.4, -0.2) is 32.8 Å². The van der Waals surface area contributed by atoms with Gasteiger partial charge in [-0.1, -0.05) is 303 Å². The van der Waals surface area contributed by atoms with Crippen molar-refractivity contribution in [3.8, 4) is 140 Å². The molecule has 0 aliphatic rings. The monoisotopic (exact) mass is 1760 g/mol. The quantitative estimate of drug-likeness (QED) is 0.0988. The van der Waals surface area contributed by atoms with Gasteiger partial charge in [0, 0.05) is 116 Å². The van der Waals surface area contributed by atoms with Crippen molar-refractivity contribution in [2.75, 3.05) is 5.32 Å². The summed E-state index contributed by atoms with van der Waals surface area (Å²) in [6, 6.07) is 184. The molecule has 0 bridgehead atoms. The van der Waals surface area contributed by atoms with Gasteiger partial charge in [-0.25, -0.2) is 9.97 Å². The molecular formula is C130H84N8. The molecule has 0 saturated carbocycles. The van der Waals surface area contributed by atoms with Gasteiger partial charge < -0.3 is 28.2 Å². The Morgan fingerprint density at radius 3 is 0.877 bits per heavy atom. The maximum atomic E-state index is 5.79. The van der Waals surface area contributed by atoms with Gasteiger partial charge in [0.2, 0.25) is 0 Å². The largest absolute Gasteiger partial charge is 0.355 e. The lowest BCUT2D eigenvalue weighted by molar-refractivity contribution is 1.16. The van der Waals surface area contributed by atoms with Gasteiger partial charge in [-0.15, -0.1) is 0 Å². The van der Waals surface area contributed by atoms with E-state index in [9.17, 15) is 0 Å². The molecule has 0 fully saturated rings. The van der Waals surface area contributed by atoms with E-state index in [0.717, 1.165) is 179 Å². The maximum Gasteiger partial charge on any atom is 0.160 e. The van der Waals surface area contributed by atoms with Crippen LogP contribution in [0.2, 0.25) is 0 Å². The first-order chi connectivity index (χ1) is 68.4. The number of para-hydroxylation sites is 8. The van der Waals surface area contributed by atoms with Crippen LogP contribution in [0.25, 0.3) is 249 Å². The zero-order chi connectivity index (χ0) is 90.8. The van der Waals surface area contributed by atoms with Crippen LogP contribution >= 0.6 is 0 Å². The standard InChI is InChI=1S/C130H84N8/c1-7-30-84(31-8-1)87-56-64-104(85-32-9-2-10-33-85)110(76-87)119-83-118(96-36-29-47-103(74-96)138-128-70-62-93(91-60-68-126-113(79-91)107-50-21-25-54-122(107)136(126)101-43-15-5-16-44-101)81-115(128)116-82-94(63-71-129(116)138)92-61-69-127-114(80-92)108-51-22-26-55-123(108)137(127)102-45-17-6-18-46-102)132-130(133-119)97-37-28-38-98(73-97)131-117-65-57-88(90-59-67-125-112(78-90)106-49-20-24-53-121(106)135(125)100-41-13-4-14-42-100)75-109(117)95-35-27-34-86(72-95)89-58-66-124-111(77-89)105-48-19-23-52-120(105)134(124)99-39-11-3-12-40-99/h1-83,131H. The van der Waals surface area contributed by atoms with E-state index in [1.165, 1.54) is 76.2 Å². The van der Waals surface area contributed by atoms with Crippen LogP contribution in [0.3, 0.4) is 0 Å². The number of anilines is 2. The van der Waals surface area contributed by atoms with Crippen molar-refractivity contribution in [3.05, 3.63) is 504 Å². The van der Waals surface area contributed by atoms with Crippen molar-refractivity contribution in [1.82, 2.24) is 32.8 Å². The molecule has 0 aliphatic carbocycles. The number of rotatable bonds is 17. The number of hydrogen-bond acceptors (Lipinski definition) is 3. The Morgan fingerprint density at radius 1 is 0.145 bits per heavy atom. The smallest absolute Gasteiger partial charge is 0.160 e. The molecule has 0 unspecified atom stereocenters. The minimum absolute atomic E-state index is 0.583. The topological polar surface area (TPSA) is 62.5 Å². The van der Waals surface area contributed by atoms with Crippen molar-refractivity contribution < 1.29 is 0 Å². The number of hydrogen-bond donors (Lipinski definition) is 1. The summed E-state index contributed by atoms with van der Waals surface area (Å²) < 4.78 is 12.0. The second kappa shape index (κ2) is 32.8. The van der Waals surface area contributed by atoms with Crippen LogP contribution < -0.4 is 5.32 Å². The van der Waals surface area contributed by atoms with E-state index in [0.29, 0.717) is 5.82 Å². The van der Waals surface area contributed by atoms with Gasteiger partial charge in [0.15, 0.2) is 5.82 Å². The lowest BCUT2D eigenvalue weighted by Gasteiger charge is -2.17. The van der Waals surface area contributed by atoms with E-state index in [4.69, 9.17) is 9.97 Å². The van der Waals surface area contributed by atoms with E-state index < -0.39 is 0 Å². The predicted molar refractivity (Wildman–Crippen MR) is 578 cm³/mol. The minimum atomic E-state index is 0.583. The first kappa shape index (κ1) is 79.3. The van der Waals surface area contributed by atoms with Crippen molar-refractivity contribution in [1.29, 1.82) is 0 Å². The summed E-state index contributed by atoms with van der Waals surface area (Å²) in [6.07, 6.45) is 0. The Bertz CT molecular complexity index is 9320. The summed E-state index contributed by atoms with van der Waals surface area (Å²) in [5.74, 6) is 0.583. The summed E-state index contributed by atoms with van der Waals surface area (Å²) in [5.41, 5.74) is 38.7. The van der Waals surface area contributed by atoms with Gasteiger partial charge in [-0.2, -0.15) is 0 Å². The highest BCUT2D eigenvalue weighted by molar-refractivity contribution is 6.17. The average molecular weight is 1760 g/mol. The first-order valence-electron chi connectivity index (χ1n) is 47.2. The third-order valence-corrected chi connectivity index (χ3v) is 28.1. The molecular weight excluding hydrogens is 1670 g/mol. The fraction of sp³-hybridized carbons (Fsp3) is 0. The second-order valence-electron chi connectivity index (χ2n) is 36.0. The fourth-order valence-corrected chi connectivity index (χ4v) is 21.6. The molecule has 0 spiro atoms. The Labute approximate surface area is 796 Å². The molecule has 0 aliphatic heterocycles. The summed E-state index contributed by atoms with van der Waals surface area (Å²) in [6.45, 7) is 0. The molecule has 644 valence electrons. The number of nitrogens with zero attached hydrogens (tertiary/aromatic N) is 7. The number of nitrogens with one attached hydrogen (secondary N) is 1. The normalized spacial score (nSPS) is 11.8. The summed E-state index contributed by atoms with van der Waals surface area (Å²) in [4.78, 5) is 11.6. The van der Waals surface area contributed by atoms with E-state index in [1.54, 1.807) is 0 Å². The second-order valence-corrected chi connectivity index (χ2v) is 36.0. The van der Waals surface area contributed by atoms with Gasteiger partial charge in [0.1, 0.15) is 0 Å². The molecule has 0 saturated heterocycles. The van der Waals surface area contributed by atoms with Crippen LogP contribution in [0.5, 0.6) is 0 Å². The molecule has 8 heteroatoms. The SMILES string of the molecule is c1ccc(-c2ccc(-c3ccccc3)c(-c3cc(-c4cccc(-n5c6ccc(-c7ccc8c(c7)c7ccccc7n8-c7ccccc7)cc6c6cc(-c7ccc8c(c7)c7ccccc7n8-c7ccccc7)ccc65)c4)nc(-c4cccc(Nc5ccc(-c6ccc7c(c6)c6ccccc6n7-c6ccccc6)cc5-c5cccc(-c6ccc7c(c6)c6ccccc6n7-c6ccccc6)c5)c4)n3)c2)cc1. The van der Waals surface area contributed by atoms with Gasteiger partial charge in [-0.05, 0) is 273 Å². The van der Waals surface area contributed by atoms with E-state index in [1.807, 2.05) is 0 Å².